The maximum atomic E-state index is 11.1. The zero-order valence-corrected chi connectivity index (χ0v) is 10.2. The molecule has 0 radical (unpaired) electrons. The lowest BCUT2D eigenvalue weighted by Gasteiger charge is -2.13. The highest BCUT2D eigenvalue weighted by atomic mass is 16.2. The topological polar surface area (TPSA) is 25.2 Å². The van der Waals surface area contributed by atoms with Crippen LogP contribution in [-0.4, -0.2) is 21.9 Å². The molecule has 0 aromatic carbocycles. The van der Waals surface area contributed by atoms with Gasteiger partial charge in [-0.05, 0) is 31.2 Å². The van der Waals surface area contributed by atoms with Gasteiger partial charge in [0, 0.05) is 31.6 Å². The highest BCUT2D eigenvalue weighted by molar-refractivity contribution is 5.77. The van der Waals surface area contributed by atoms with E-state index in [1.165, 1.54) is 6.42 Å². The fourth-order valence-electron chi connectivity index (χ4n) is 1.67. The van der Waals surface area contributed by atoms with Crippen LogP contribution >= 0.6 is 0 Å². The molecule has 0 bridgehead atoms. The van der Waals surface area contributed by atoms with Gasteiger partial charge in [0.1, 0.15) is 0 Å². The van der Waals surface area contributed by atoms with E-state index in [1.54, 1.807) is 17.3 Å². The van der Waals surface area contributed by atoms with Crippen molar-refractivity contribution in [2.75, 3.05) is 6.54 Å². The molecule has 1 aromatic rings. The van der Waals surface area contributed by atoms with E-state index in [0.717, 1.165) is 19.4 Å². The summed E-state index contributed by atoms with van der Waals surface area (Å²) in [6, 6.07) is 3.92. The molecule has 0 atom stereocenters. The standard InChI is InChI=1S/C8H13NO.C6H7N/c1-2-9-7-5-3-4-6-8(9)10;1-2-7-5-3-4-6-7/h2H,1,3-7H2;2-6H,1H2. The smallest absolute Gasteiger partial charge is 0.226 e. The molecule has 0 spiro atoms. The van der Waals surface area contributed by atoms with Crippen molar-refractivity contribution in [3.8, 4) is 0 Å². The summed E-state index contributed by atoms with van der Waals surface area (Å²) >= 11 is 0. The van der Waals surface area contributed by atoms with Gasteiger partial charge in [-0.1, -0.05) is 19.6 Å². The van der Waals surface area contributed by atoms with Crippen LogP contribution in [0.3, 0.4) is 0 Å². The van der Waals surface area contributed by atoms with E-state index >= 15 is 0 Å². The Labute approximate surface area is 103 Å². The minimum absolute atomic E-state index is 0.229. The van der Waals surface area contributed by atoms with Gasteiger partial charge in [-0.2, -0.15) is 0 Å². The average molecular weight is 232 g/mol. The van der Waals surface area contributed by atoms with Crippen molar-refractivity contribution in [2.24, 2.45) is 0 Å². The van der Waals surface area contributed by atoms with Gasteiger partial charge >= 0.3 is 0 Å². The number of carbonyl (C=O) groups excluding carboxylic acids is 1. The fourth-order valence-corrected chi connectivity index (χ4v) is 1.67. The molecule has 17 heavy (non-hydrogen) atoms. The van der Waals surface area contributed by atoms with E-state index in [4.69, 9.17) is 0 Å². The van der Waals surface area contributed by atoms with E-state index in [1.807, 2.05) is 29.1 Å². The first kappa shape index (κ1) is 13.3. The first-order valence-electron chi connectivity index (χ1n) is 5.95. The molecule has 1 aliphatic heterocycles. The number of hydrogen-bond donors (Lipinski definition) is 0. The summed E-state index contributed by atoms with van der Waals surface area (Å²) in [4.78, 5) is 12.8. The molecule has 0 N–H and O–H groups in total. The Morgan fingerprint density at radius 1 is 1.06 bits per heavy atom. The summed E-state index contributed by atoms with van der Waals surface area (Å²) in [7, 11) is 0. The summed E-state index contributed by atoms with van der Waals surface area (Å²) in [5, 5.41) is 0. The zero-order chi connectivity index (χ0) is 12.5. The second kappa shape index (κ2) is 7.49. The second-order valence-corrected chi connectivity index (χ2v) is 3.89. The molecule has 2 heterocycles. The molecule has 3 heteroatoms. The molecular weight excluding hydrogens is 212 g/mol. The van der Waals surface area contributed by atoms with Gasteiger partial charge in [-0.25, -0.2) is 0 Å². The number of nitrogens with zero attached hydrogens (tertiary/aromatic N) is 2. The molecule has 92 valence electrons. The minimum Gasteiger partial charge on any atom is -0.331 e. The van der Waals surface area contributed by atoms with Crippen LogP contribution in [-0.2, 0) is 4.79 Å². The summed E-state index contributed by atoms with van der Waals surface area (Å²) < 4.78 is 1.89. The number of rotatable bonds is 2. The normalized spacial score (nSPS) is 15.5. The van der Waals surface area contributed by atoms with Crippen molar-refractivity contribution in [1.82, 2.24) is 9.47 Å². The Morgan fingerprint density at radius 3 is 2.29 bits per heavy atom. The number of aromatic nitrogens is 1. The number of likely N-dealkylation sites (tertiary alicyclic amines) is 1. The van der Waals surface area contributed by atoms with E-state index in [9.17, 15) is 4.79 Å². The lowest BCUT2D eigenvalue weighted by Crippen LogP contribution is -2.23. The van der Waals surface area contributed by atoms with Gasteiger partial charge in [0.15, 0.2) is 0 Å². The molecule has 1 aromatic heterocycles. The monoisotopic (exact) mass is 232 g/mol. The van der Waals surface area contributed by atoms with Crippen LogP contribution in [0.1, 0.15) is 25.7 Å². The van der Waals surface area contributed by atoms with Crippen molar-refractivity contribution in [3.05, 3.63) is 43.9 Å². The highest BCUT2D eigenvalue weighted by Crippen LogP contribution is 2.10. The lowest BCUT2D eigenvalue weighted by atomic mass is 10.2. The third kappa shape index (κ3) is 4.72. The van der Waals surface area contributed by atoms with Crippen molar-refractivity contribution < 1.29 is 4.79 Å². The third-order valence-electron chi connectivity index (χ3n) is 2.67. The largest absolute Gasteiger partial charge is 0.331 e. The van der Waals surface area contributed by atoms with Crippen LogP contribution < -0.4 is 0 Å². The number of carbonyl (C=O) groups is 1. The summed E-state index contributed by atoms with van der Waals surface area (Å²) in [6.07, 6.45) is 11.3. The maximum Gasteiger partial charge on any atom is 0.226 e. The predicted octanol–water partition coefficient (Wildman–Crippen LogP) is 3.12. The quantitative estimate of drug-likeness (QED) is 0.769. The minimum atomic E-state index is 0.229. The number of hydrogen-bond acceptors (Lipinski definition) is 1. The maximum absolute atomic E-state index is 11.1. The zero-order valence-electron chi connectivity index (χ0n) is 10.2. The molecule has 1 fully saturated rings. The Balaban J connectivity index is 0.000000181. The van der Waals surface area contributed by atoms with Crippen molar-refractivity contribution >= 4 is 12.1 Å². The highest BCUT2D eigenvalue weighted by Gasteiger charge is 2.12. The van der Waals surface area contributed by atoms with Crippen LogP contribution in [0, 0.1) is 0 Å². The molecular formula is C14H20N2O. The molecule has 1 saturated heterocycles. The molecule has 1 aliphatic rings. The van der Waals surface area contributed by atoms with E-state index < -0.39 is 0 Å². The second-order valence-electron chi connectivity index (χ2n) is 3.89. The molecule has 2 rings (SSSR count). The van der Waals surface area contributed by atoms with E-state index in [-0.39, 0.29) is 5.91 Å². The van der Waals surface area contributed by atoms with Crippen molar-refractivity contribution in [1.29, 1.82) is 0 Å². The first-order chi connectivity index (χ1) is 8.27. The Kier molecular flexibility index (Phi) is 5.86. The summed E-state index contributed by atoms with van der Waals surface area (Å²) in [5.41, 5.74) is 0. The van der Waals surface area contributed by atoms with Crippen LogP contribution in [0.4, 0.5) is 0 Å². The fraction of sp³-hybridized carbons (Fsp3) is 0.357. The summed E-state index contributed by atoms with van der Waals surface area (Å²) in [6.45, 7) is 8.01. The van der Waals surface area contributed by atoms with E-state index in [2.05, 4.69) is 13.2 Å². The van der Waals surface area contributed by atoms with Crippen molar-refractivity contribution in [3.63, 3.8) is 0 Å². The Morgan fingerprint density at radius 2 is 1.76 bits per heavy atom. The summed E-state index contributed by atoms with van der Waals surface area (Å²) in [5.74, 6) is 0.229. The van der Waals surface area contributed by atoms with Crippen molar-refractivity contribution in [2.45, 2.75) is 25.7 Å². The Bertz CT molecular complexity index is 354. The molecule has 3 nitrogen and oxygen atoms in total. The SMILES string of the molecule is C=CN1CCCCCC1=O.C=Cn1cccc1. The van der Waals surface area contributed by atoms with Gasteiger partial charge in [0.2, 0.25) is 5.91 Å². The predicted molar refractivity (Wildman–Crippen MR) is 71.2 cm³/mol. The van der Waals surface area contributed by atoms with Crippen LogP contribution in [0.5, 0.6) is 0 Å². The van der Waals surface area contributed by atoms with Crippen LogP contribution in [0.15, 0.2) is 43.9 Å². The van der Waals surface area contributed by atoms with Crippen LogP contribution in [0.25, 0.3) is 6.20 Å². The lowest BCUT2D eigenvalue weighted by molar-refractivity contribution is -0.128. The first-order valence-corrected chi connectivity index (χ1v) is 5.95. The Hall–Kier alpha value is -1.77. The van der Waals surface area contributed by atoms with Gasteiger partial charge < -0.3 is 9.47 Å². The molecule has 1 amide bonds. The van der Waals surface area contributed by atoms with Gasteiger partial charge in [-0.15, -0.1) is 0 Å². The molecule has 0 aliphatic carbocycles. The van der Waals surface area contributed by atoms with Gasteiger partial charge in [0.25, 0.3) is 0 Å². The van der Waals surface area contributed by atoms with Crippen LogP contribution in [0.2, 0.25) is 0 Å². The third-order valence-corrected chi connectivity index (χ3v) is 2.67. The number of amides is 1. The van der Waals surface area contributed by atoms with Gasteiger partial charge in [0.05, 0.1) is 0 Å². The molecule has 0 saturated carbocycles. The molecule has 0 unspecified atom stereocenters. The average Bonchev–Trinajstić information content (AvgIpc) is 2.79. The van der Waals surface area contributed by atoms with Gasteiger partial charge in [-0.3, -0.25) is 4.79 Å². The van der Waals surface area contributed by atoms with E-state index in [0.29, 0.717) is 6.42 Å².